The van der Waals surface area contributed by atoms with Gasteiger partial charge in [-0.2, -0.15) is 0 Å². The molecule has 0 heterocycles. The lowest BCUT2D eigenvalue weighted by molar-refractivity contribution is 0.897. The largest absolute Gasteiger partial charge is 0.0722 e. The van der Waals surface area contributed by atoms with Crippen molar-refractivity contribution in [2.75, 3.05) is 0 Å². The number of fused-ring (bicyclic) bond motifs is 2. The van der Waals surface area contributed by atoms with Gasteiger partial charge in [0.15, 0.2) is 0 Å². The summed E-state index contributed by atoms with van der Waals surface area (Å²) in [7, 11) is -1.69. The van der Waals surface area contributed by atoms with Gasteiger partial charge in [0, 0.05) is 11.1 Å². The summed E-state index contributed by atoms with van der Waals surface area (Å²) in [5.41, 5.74) is 13.6. The Morgan fingerprint density at radius 1 is 0.704 bits per heavy atom. The lowest BCUT2D eigenvalue weighted by atomic mass is 10.0. The van der Waals surface area contributed by atoms with Crippen LogP contribution in [0.1, 0.15) is 71.2 Å². The Morgan fingerprint density at radius 2 is 1.11 bits per heavy atom. The fourth-order valence-electron chi connectivity index (χ4n) is 5.78. The van der Waals surface area contributed by atoms with Crippen LogP contribution in [0.4, 0.5) is 0 Å². The van der Waals surface area contributed by atoms with Crippen LogP contribution >= 0.6 is 0 Å². The number of hydrogen-bond acceptors (Lipinski definition) is 0. The van der Waals surface area contributed by atoms with Crippen LogP contribution in [0.3, 0.4) is 0 Å². The predicted molar refractivity (Wildman–Crippen MR) is 122 cm³/mol. The molecular weight excluding hydrogens is 340 g/mol. The topological polar surface area (TPSA) is 0 Å². The summed E-state index contributed by atoms with van der Waals surface area (Å²) in [5, 5.41) is 0. The lowest BCUT2D eigenvalue weighted by Crippen LogP contribution is -2.42. The molecule has 2 aromatic carbocycles. The summed E-state index contributed by atoms with van der Waals surface area (Å²) in [5.74, 6) is 0. The minimum atomic E-state index is -1.69. The van der Waals surface area contributed by atoms with Gasteiger partial charge in [-0.3, -0.25) is 0 Å². The van der Waals surface area contributed by atoms with Crippen molar-refractivity contribution in [1.82, 2.24) is 0 Å². The van der Waals surface area contributed by atoms with Crippen molar-refractivity contribution in [2.45, 2.75) is 64.7 Å². The molecule has 0 fully saturated rings. The summed E-state index contributed by atoms with van der Waals surface area (Å²) in [6, 6.07) is 13.9. The van der Waals surface area contributed by atoms with Crippen molar-refractivity contribution < 1.29 is 0 Å². The molecule has 0 saturated carbocycles. The molecule has 2 atom stereocenters. The maximum Gasteiger partial charge on any atom is 0.0722 e. The second kappa shape index (κ2) is 6.63. The van der Waals surface area contributed by atoms with Gasteiger partial charge in [-0.05, 0) is 60.1 Å². The van der Waals surface area contributed by atoms with Crippen molar-refractivity contribution in [2.24, 2.45) is 0 Å². The summed E-state index contributed by atoms with van der Waals surface area (Å²) >= 11 is 0. The van der Waals surface area contributed by atoms with E-state index in [2.05, 4.69) is 89.3 Å². The highest BCUT2D eigenvalue weighted by Crippen LogP contribution is 2.54. The first-order valence-corrected chi connectivity index (χ1v) is 13.7. The Bertz CT molecular complexity index is 881. The van der Waals surface area contributed by atoms with E-state index in [0.717, 1.165) is 12.8 Å². The van der Waals surface area contributed by atoms with Crippen molar-refractivity contribution >= 4 is 20.2 Å². The van der Waals surface area contributed by atoms with E-state index in [0.29, 0.717) is 11.1 Å². The van der Waals surface area contributed by atoms with Crippen LogP contribution in [0.2, 0.25) is 13.1 Å². The van der Waals surface area contributed by atoms with Crippen molar-refractivity contribution in [3.8, 4) is 0 Å². The molecule has 0 bridgehead atoms. The lowest BCUT2D eigenvalue weighted by Gasteiger charge is -2.40. The molecule has 0 nitrogen and oxygen atoms in total. The van der Waals surface area contributed by atoms with Gasteiger partial charge in [0.05, 0.1) is 8.07 Å². The molecular formula is C26H32Si. The fraction of sp³-hybridized carbons (Fsp3) is 0.385. The molecule has 27 heavy (non-hydrogen) atoms. The van der Waals surface area contributed by atoms with Crippen LogP contribution in [0, 0.1) is 13.8 Å². The van der Waals surface area contributed by atoms with E-state index in [-0.39, 0.29) is 0 Å². The standard InChI is InChI=1S/C26H32Si/c1-7-19-15-23-17(3)11-9-13-21(23)25(19)27(5,6)26-20(8-2)16-24-18(4)12-10-14-22(24)26/h9-16,25-26H,7-8H2,1-6H3. The van der Waals surface area contributed by atoms with E-state index in [1.165, 1.54) is 22.3 Å². The van der Waals surface area contributed by atoms with E-state index < -0.39 is 8.07 Å². The van der Waals surface area contributed by atoms with Crippen molar-refractivity contribution in [1.29, 1.82) is 0 Å². The molecule has 1 heteroatoms. The summed E-state index contributed by atoms with van der Waals surface area (Å²) in [6.07, 6.45) is 7.36. The van der Waals surface area contributed by atoms with E-state index in [9.17, 15) is 0 Å². The summed E-state index contributed by atoms with van der Waals surface area (Å²) < 4.78 is 0. The molecule has 2 aliphatic carbocycles. The molecule has 0 aliphatic heterocycles. The molecule has 0 N–H and O–H groups in total. The number of allylic oxidation sites excluding steroid dienone is 2. The van der Waals surface area contributed by atoms with E-state index >= 15 is 0 Å². The zero-order valence-corrected chi connectivity index (χ0v) is 18.7. The molecule has 2 aromatic rings. The molecule has 0 saturated heterocycles. The highest BCUT2D eigenvalue weighted by molar-refractivity contribution is 6.81. The average Bonchev–Trinajstić information content (AvgIpc) is 3.22. The molecule has 0 amide bonds. The highest BCUT2D eigenvalue weighted by atomic mass is 28.3. The van der Waals surface area contributed by atoms with Gasteiger partial charge in [-0.1, -0.05) is 86.6 Å². The Hall–Kier alpha value is -1.86. The van der Waals surface area contributed by atoms with Crippen molar-refractivity contribution in [3.05, 3.63) is 80.9 Å². The monoisotopic (exact) mass is 372 g/mol. The Balaban J connectivity index is 1.88. The van der Waals surface area contributed by atoms with E-state index in [1.54, 1.807) is 22.3 Å². The number of benzene rings is 2. The molecule has 2 aliphatic rings. The normalized spacial score (nSPS) is 21.0. The number of hydrogen-bond donors (Lipinski definition) is 0. The summed E-state index contributed by atoms with van der Waals surface area (Å²) in [4.78, 5) is 0. The third kappa shape index (κ3) is 2.70. The van der Waals surface area contributed by atoms with Gasteiger partial charge in [0.1, 0.15) is 0 Å². The fourth-order valence-corrected chi connectivity index (χ4v) is 10.7. The van der Waals surface area contributed by atoms with Crippen LogP contribution in [-0.4, -0.2) is 8.07 Å². The van der Waals surface area contributed by atoms with E-state index in [4.69, 9.17) is 0 Å². The minimum Gasteiger partial charge on any atom is -0.0679 e. The maximum atomic E-state index is 2.64. The zero-order valence-electron chi connectivity index (χ0n) is 17.7. The van der Waals surface area contributed by atoms with Gasteiger partial charge in [-0.15, -0.1) is 0 Å². The van der Waals surface area contributed by atoms with Gasteiger partial charge in [0.2, 0.25) is 0 Å². The number of rotatable bonds is 4. The van der Waals surface area contributed by atoms with Crippen LogP contribution in [0.5, 0.6) is 0 Å². The quantitative estimate of drug-likeness (QED) is 0.485. The first kappa shape index (κ1) is 18.5. The first-order chi connectivity index (χ1) is 12.9. The maximum absolute atomic E-state index is 2.64. The minimum absolute atomic E-state index is 0.629. The van der Waals surface area contributed by atoms with Crippen LogP contribution < -0.4 is 0 Å². The second-order valence-corrected chi connectivity index (χ2v) is 13.8. The Labute approximate surface area is 166 Å². The van der Waals surface area contributed by atoms with Crippen LogP contribution in [-0.2, 0) is 0 Å². The Kier molecular flexibility index (Phi) is 4.54. The van der Waals surface area contributed by atoms with Gasteiger partial charge in [0.25, 0.3) is 0 Å². The van der Waals surface area contributed by atoms with Crippen LogP contribution in [0.15, 0.2) is 47.5 Å². The van der Waals surface area contributed by atoms with Gasteiger partial charge >= 0.3 is 0 Å². The molecule has 0 aromatic heterocycles. The van der Waals surface area contributed by atoms with Gasteiger partial charge in [-0.25, -0.2) is 0 Å². The SMILES string of the molecule is CCC1=Cc2c(C)cccc2C1[Si](C)(C)C1C(CC)=Cc2c(C)cccc21. The third-order valence-corrected chi connectivity index (χ3v) is 11.4. The summed E-state index contributed by atoms with van der Waals surface area (Å²) in [6.45, 7) is 14.5. The first-order valence-electron chi connectivity index (χ1n) is 10.5. The second-order valence-electron chi connectivity index (χ2n) is 8.99. The average molecular weight is 373 g/mol. The van der Waals surface area contributed by atoms with Crippen LogP contribution in [0.25, 0.3) is 12.2 Å². The predicted octanol–water partition coefficient (Wildman–Crippen LogP) is 7.57. The van der Waals surface area contributed by atoms with Gasteiger partial charge < -0.3 is 0 Å². The molecule has 4 rings (SSSR count). The third-order valence-electron chi connectivity index (χ3n) is 7.04. The zero-order chi connectivity index (χ0) is 19.3. The molecule has 0 spiro atoms. The van der Waals surface area contributed by atoms with E-state index in [1.807, 2.05) is 0 Å². The highest BCUT2D eigenvalue weighted by Gasteiger charge is 2.47. The molecule has 0 radical (unpaired) electrons. The smallest absolute Gasteiger partial charge is 0.0679 e. The molecule has 140 valence electrons. The Morgan fingerprint density at radius 3 is 1.48 bits per heavy atom. The number of aryl methyl sites for hydroxylation is 2. The molecule has 2 unspecified atom stereocenters. The van der Waals surface area contributed by atoms with Crippen molar-refractivity contribution in [3.63, 3.8) is 0 Å².